The molecule has 1 saturated carbocycles. The van der Waals surface area contributed by atoms with Crippen LogP contribution < -0.4 is 5.56 Å². The average Bonchev–Trinajstić information content (AvgIpc) is 3.21. The Morgan fingerprint density at radius 3 is 2.64 bits per heavy atom. The fourth-order valence-corrected chi connectivity index (χ4v) is 3.87. The molecule has 6 heteroatoms. The lowest BCUT2D eigenvalue weighted by Crippen LogP contribution is -2.17. The predicted molar refractivity (Wildman–Crippen MR) is 96.9 cm³/mol. The van der Waals surface area contributed by atoms with Crippen LogP contribution in [-0.4, -0.2) is 24.6 Å². The summed E-state index contributed by atoms with van der Waals surface area (Å²) in [5.74, 6) is 1.83. The van der Waals surface area contributed by atoms with E-state index in [0.717, 1.165) is 42.0 Å². The summed E-state index contributed by atoms with van der Waals surface area (Å²) in [6, 6.07) is 3.96. The van der Waals surface area contributed by atoms with Gasteiger partial charge in [-0.2, -0.15) is 0 Å². The Labute approximate surface area is 146 Å². The Morgan fingerprint density at radius 2 is 1.96 bits per heavy atom. The van der Waals surface area contributed by atoms with Gasteiger partial charge >= 0.3 is 0 Å². The van der Waals surface area contributed by atoms with Crippen molar-refractivity contribution in [2.75, 3.05) is 0 Å². The minimum absolute atomic E-state index is 0.139. The Bertz CT molecular complexity index is 975. The standard InChI is InChI=1S/C19H23N5O/c1-4-14-16-19(25)22-17(15-10-11(2)9-12(3)20-15)23-24(16)18(21-14)13-7-5-6-8-13/h9-10,13H,4-8H2,1-3H3,(H,22,23,25). The minimum Gasteiger partial charge on any atom is -0.302 e. The zero-order valence-corrected chi connectivity index (χ0v) is 15.0. The van der Waals surface area contributed by atoms with Crippen LogP contribution >= 0.6 is 0 Å². The second-order valence-electron chi connectivity index (χ2n) is 6.99. The summed E-state index contributed by atoms with van der Waals surface area (Å²) in [6.45, 7) is 5.99. The van der Waals surface area contributed by atoms with Crippen molar-refractivity contribution < 1.29 is 0 Å². The van der Waals surface area contributed by atoms with Gasteiger partial charge in [0.15, 0.2) is 11.3 Å². The first-order chi connectivity index (χ1) is 12.1. The molecule has 0 atom stereocenters. The molecule has 1 aliphatic rings. The van der Waals surface area contributed by atoms with Gasteiger partial charge in [0.1, 0.15) is 11.5 Å². The molecule has 0 spiro atoms. The zero-order valence-electron chi connectivity index (χ0n) is 15.0. The van der Waals surface area contributed by atoms with Crippen molar-refractivity contribution in [3.63, 3.8) is 0 Å². The number of hydrogen-bond donors (Lipinski definition) is 1. The number of aryl methyl sites for hydroxylation is 3. The van der Waals surface area contributed by atoms with Crippen molar-refractivity contribution in [1.29, 1.82) is 0 Å². The maximum Gasteiger partial charge on any atom is 0.277 e. The molecule has 3 aromatic rings. The van der Waals surface area contributed by atoms with E-state index in [0.29, 0.717) is 23.0 Å². The lowest BCUT2D eigenvalue weighted by Gasteiger charge is -2.08. The Morgan fingerprint density at radius 1 is 1.20 bits per heavy atom. The van der Waals surface area contributed by atoms with Crippen LogP contribution in [0.25, 0.3) is 17.0 Å². The average molecular weight is 337 g/mol. The van der Waals surface area contributed by atoms with E-state index in [9.17, 15) is 4.79 Å². The maximum atomic E-state index is 12.8. The first kappa shape index (κ1) is 16.0. The molecule has 1 fully saturated rings. The molecule has 0 aliphatic heterocycles. The van der Waals surface area contributed by atoms with Crippen LogP contribution in [0, 0.1) is 13.8 Å². The van der Waals surface area contributed by atoms with Gasteiger partial charge in [-0.1, -0.05) is 19.8 Å². The molecular formula is C19H23N5O. The number of nitrogens with zero attached hydrogens (tertiary/aromatic N) is 4. The number of rotatable bonds is 3. The van der Waals surface area contributed by atoms with Crippen molar-refractivity contribution in [2.24, 2.45) is 0 Å². The van der Waals surface area contributed by atoms with E-state index in [2.05, 4.69) is 9.97 Å². The SMILES string of the molecule is CCc1nc(C2CCCC2)n2nc(-c3cc(C)cc(C)n3)[nH]c(=O)c12. The summed E-state index contributed by atoms with van der Waals surface area (Å²) in [4.78, 5) is 25.0. The van der Waals surface area contributed by atoms with Crippen LogP contribution in [0.3, 0.4) is 0 Å². The summed E-state index contributed by atoms with van der Waals surface area (Å²) < 4.78 is 1.78. The summed E-state index contributed by atoms with van der Waals surface area (Å²) in [7, 11) is 0. The third kappa shape index (κ3) is 2.75. The van der Waals surface area contributed by atoms with Crippen molar-refractivity contribution in [3.05, 3.63) is 45.3 Å². The van der Waals surface area contributed by atoms with Crippen LogP contribution in [-0.2, 0) is 6.42 Å². The minimum atomic E-state index is -0.139. The third-order valence-electron chi connectivity index (χ3n) is 4.99. The molecule has 25 heavy (non-hydrogen) atoms. The van der Waals surface area contributed by atoms with E-state index in [4.69, 9.17) is 10.1 Å². The Hall–Kier alpha value is -2.50. The van der Waals surface area contributed by atoms with Crippen LogP contribution in [0.5, 0.6) is 0 Å². The number of aromatic nitrogens is 5. The lowest BCUT2D eigenvalue weighted by atomic mass is 10.1. The molecule has 0 aromatic carbocycles. The molecule has 1 N–H and O–H groups in total. The monoisotopic (exact) mass is 337 g/mol. The Balaban J connectivity index is 1.96. The van der Waals surface area contributed by atoms with E-state index >= 15 is 0 Å². The van der Waals surface area contributed by atoms with Gasteiger partial charge in [0.05, 0.1) is 5.69 Å². The van der Waals surface area contributed by atoms with Crippen molar-refractivity contribution >= 4 is 5.52 Å². The van der Waals surface area contributed by atoms with Crippen LogP contribution in [0.15, 0.2) is 16.9 Å². The van der Waals surface area contributed by atoms with E-state index in [1.807, 2.05) is 32.9 Å². The molecule has 6 nitrogen and oxygen atoms in total. The summed E-state index contributed by atoms with van der Waals surface area (Å²) in [5, 5.41) is 4.74. The van der Waals surface area contributed by atoms with Crippen molar-refractivity contribution in [2.45, 2.75) is 58.8 Å². The first-order valence-electron chi connectivity index (χ1n) is 9.04. The van der Waals surface area contributed by atoms with E-state index in [1.54, 1.807) is 4.52 Å². The largest absolute Gasteiger partial charge is 0.302 e. The molecule has 0 amide bonds. The number of pyridine rings is 1. The topological polar surface area (TPSA) is 75.9 Å². The number of imidazole rings is 1. The highest BCUT2D eigenvalue weighted by molar-refractivity contribution is 5.56. The molecule has 0 radical (unpaired) electrons. The maximum absolute atomic E-state index is 12.8. The fourth-order valence-electron chi connectivity index (χ4n) is 3.87. The molecule has 3 aromatic heterocycles. The highest BCUT2D eigenvalue weighted by atomic mass is 16.1. The number of nitrogens with one attached hydrogen (secondary N) is 1. The van der Waals surface area contributed by atoms with E-state index in [1.165, 1.54) is 12.8 Å². The van der Waals surface area contributed by atoms with Crippen molar-refractivity contribution in [3.8, 4) is 11.5 Å². The van der Waals surface area contributed by atoms with E-state index < -0.39 is 0 Å². The van der Waals surface area contributed by atoms with Gasteiger partial charge in [-0.05, 0) is 50.8 Å². The van der Waals surface area contributed by atoms with Gasteiger partial charge in [0.25, 0.3) is 5.56 Å². The van der Waals surface area contributed by atoms with E-state index in [-0.39, 0.29) is 5.56 Å². The number of hydrogen-bond acceptors (Lipinski definition) is 4. The first-order valence-corrected chi connectivity index (χ1v) is 9.04. The quantitative estimate of drug-likeness (QED) is 0.795. The van der Waals surface area contributed by atoms with Crippen LogP contribution in [0.4, 0.5) is 0 Å². The molecule has 0 saturated heterocycles. The zero-order chi connectivity index (χ0) is 17.6. The molecule has 0 unspecified atom stereocenters. The smallest absolute Gasteiger partial charge is 0.277 e. The molecule has 3 heterocycles. The second kappa shape index (κ2) is 6.10. The Kier molecular flexibility index (Phi) is 3.90. The summed E-state index contributed by atoms with van der Waals surface area (Å²) in [5.41, 5.74) is 3.98. The predicted octanol–water partition coefficient (Wildman–Crippen LogP) is 3.32. The molecule has 4 rings (SSSR count). The molecule has 0 bridgehead atoms. The van der Waals surface area contributed by atoms with Crippen molar-refractivity contribution in [1.82, 2.24) is 24.6 Å². The summed E-state index contributed by atoms with van der Waals surface area (Å²) in [6.07, 6.45) is 5.40. The van der Waals surface area contributed by atoms with Crippen LogP contribution in [0.2, 0.25) is 0 Å². The number of H-pyrrole nitrogens is 1. The fraction of sp³-hybridized carbons (Fsp3) is 0.474. The highest BCUT2D eigenvalue weighted by Crippen LogP contribution is 2.34. The van der Waals surface area contributed by atoms with Gasteiger partial charge in [-0.15, -0.1) is 5.10 Å². The molecule has 1 aliphatic carbocycles. The van der Waals surface area contributed by atoms with Gasteiger partial charge in [-0.3, -0.25) is 4.79 Å². The summed E-state index contributed by atoms with van der Waals surface area (Å²) >= 11 is 0. The van der Waals surface area contributed by atoms with Gasteiger partial charge < -0.3 is 4.98 Å². The third-order valence-corrected chi connectivity index (χ3v) is 4.99. The normalized spacial score (nSPS) is 15.3. The lowest BCUT2D eigenvalue weighted by molar-refractivity contribution is 0.639. The van der Waals surface area contributed by atoms with Gasteiger partial charge in [0.2, 0.25) is 0 Å². The van der Waals surface area contributed by atoms with Gasteiger partial charge in [-0.25, -0.2) is 14.5 Å². The number of aromatic amines is 1. The highest BCUT2D eigenvalue weighted by Gasteiger charge is 2.25. The van der Waals surface area contributed by atoms with Crippen LogP contribution in [0.1, 0.15) is 61.3 Å². The molecule has 130 valence electrons. The van der Waals surface area contributed by atoms with Gasteiger partial charge in [0, 0.05) is 11.6 Å². The number of fused-ring (bicyclic) bond motifs is 1. The second-order valence-corrected chi connectivity index (χ2v) is 6.99. The molecular weight excluding hydrogens is 314 g/mol.